The Morgan fingerprint density at radius 3 is 2.61 bits per heavy atom. The second-order valence-electron chi connectivity index (χ2n) is 4.90. The molecule has 6 heteroatoms. The summed E-state index contributed by atoms with van der Waals surface area (Å²) in [5, 5.41) is 2.78. The summed E-state index contributed by atoms with van der Waals surface area (Å²) in [6.07, 6.45) is -0.330. The van der Waals surface area contributed by atoms with E-state index in [1.165, 1.54) is 18.2 Å². The van der Waals surface area contributed by atoms with Crippen LogP contribution in [-0.4, -0.2) is 18.5 Å². The maximum absolute atomic E-state index is 13.6. The number of nitrogens with one attached hydrogen (secondary N) is 1. The van der Waals surface area contributed by atoms with Crippen LogP contribution in [0.3, 0.4) is 0 Å². The third-order valence-electron chi connectivity index (χ3n) is 3.17. The Kier molecular flexibility index (Phi) is 5.71. The Labute approximate surface area is 138 Å². The molecule has 1 N–H and O–H groups in total. The van der Waals surface area contributed by atoms with Gasteiger partial charge >= 0.3 is 5.97 Å². The van der Waals surface area contributed by atoms with Gasteiger partial charge in [0.15, 0.2) is 6.61 Å². The molecule has 120 valence electrons. The van der Waals surface area contributed by atoms with Crippen LogP contribution in [0.4, 0.5) is 10.1 Å². The fraction of sp³-hybridized carbons (Fsp3) is 0.176. The standard InChI is InChI=1S/C17H15ClFNO3/c1-11-5-2-3-8-15(11)20-16(21)10-23-17(22)9-12-13(18)6-4-7-14(12)19/h2-8H,9-10H2,1H3,(H,20,21). The lowest BCUT2D eigenvalue weighted by atomic mass is 10.1. The molecule has 0 aliphatic heterocycles. The summed E-state index contributed by atoms with van der Waals surface area (Å²) in [6.45, 7) is 1.40. The number of carbonyl (C=O) groups is 2. The topological polar surface area (TPSA) is 55.4 Å². The van der Waals surface area contributed by atoms with Gasteiger partial charge in [0.05, 0.1) is 6.42 Å². The third-order valence-corrected chi connectivity index (χ3v) is 3.52. The molecule has 0 fully saturated rings. The third kappa shape index (κ3) is 4.79. The number of hydrogen-bond acceptors (Lipinski definition) is 3. The molecular formula is C17H15ClFNO3. The number of aryl methyl sites for hydroxylation is 1. The molecule has 23 heavy (non-hydrogen) atoms. The van der Waals surface area contributed by atoms with Crippen LogP contribution in [0.5, 0.6) is 0 Å². The van der Waals surface area contributed by atoms with Crippen LogP contribution in [0.25, 0.3) is 0 Å². The van der Waals surface area contributed by atoms with Crippen molar-refractivity contribution >= 4 is 29.2 Å². The van der Waals surface area contributed by atoms with Crippen LogP contribution < -0.4 is 5.32 Å². The molecule has 2 aromatic rings. The van der Waals surface area contributed by atoms with Crippen molar-refractivity contribution in [1.29, 1.82) is 0 Å². The number of ether oxygens (including phenoxy) is 1. The monoisotopic (exact) mass is 335 g/mol. The molecule has 0 radical (unpaired) electrons. The number of amides is 1. The summed E-state index contributed by atoms with van der Waals surface area (Å²) >= 11 is 5.83. The molecule has 0 saturated carbocycles. The predicted molar refractivity (Wildman–Crippen MR) is 85.9 cm³/mol. The van der Waals surface area contributed by atoms with Crippen LogP contribution in [0.15, 0.2) is 42.5 Å². The second-order valence-corrected chi connectivity index (χ2v) is 5.31. The fourth-order valence-corrected chi connectivity index (χ4v) is 2.17. The molecule has 0 aliphatic carbocycles. The van der Waals surface area contributed by atoms with Crippen LogP contribution >= 0.6 is 11.6 Å². The lowest BCUT2D eigenvalue weighted by molar-refractivity contribution is -0.146. The molecule has 1 amide bonds. The van der Waals surface area contributed by atoms with Gasteiger partial charge in [-0.05, 0) is 30.7 Å². The minimum Gasteiger partial charge on any atom is -0.455 e. The Balaban J connectivity index is 1.87. The van der Waals surface area contributed by atoms with Gasteiger partial charge in [-0.25, -0.2) is 4.39 Å². The van der Waals surface area contributed by atoms with Gasteiger partial charge in [-0.2, -0.15) is 0 Å². The van der Waals surface area contributed by atoms with Gasteiger partial charge < -0.3 is 10.1 Å². The zero-order valence-corrected chi connectivity index (χ0v) is 13.2. The molecule has 2 rings (SSSR count). The van der Waals surface area contributed by atoms with Gasteiger partial charge in [-0.3, -0.25) is 9.59 Å². The first-order valence-electron chi connectivity index (χ1n) is 6.91. The summed E-state index contributed by atoms with van der Waals surface area (Å²) in [4.78, 5) is 23.5. The fourth-order valence-electron chi connectivity index (χ4n) is 1.94. The summed E-state index contributed by atoms with van der Waals surface area (Å²) in [5.74, 6) is -1.77. The molecule has 0 atom stereocenters. The lowest BCUT2D eigenvalue weighted by Crippen LogP contribution is -2.22. The Morgan fingerprint density at radius 2 is 1.91 bits per heavy atom. The Bertz CT molecular complexity index is 713. The molecule has 0 spiro atoms. The van der Waals surface area contributed by atoms with E-state index in [1.807, 2.05) is 19.1 Å². The summed E-state index contributed by atoms with van der Waals surface area (Å²) in [5.41, 5.74) is 1.59. The molecular weight excluding hydrogens is 321 g/mol. The number of hydrogen-bond donors (Lipinski definition) is 1. The molecule has 4 nitrogen and oxygen atoms in total. The Morgan fingerprint density at radius 1 is 1.17 bits per heavy atom. The Hall–Kier alpha value is -2.40. The highest BCUT2D eigenvalue weighted by molar-refractivity contribution is 6.31. The summed E-state index contributed by atoms with van der Waals surface area (Å²) in [6, 6.07) is 11.4. The van der Waals surface area contributed by atoms with Gasteiger partial charge in [-0.1, -0.05) is 35.9 Å². The highest BCUT2D eigenvalue weighted by Crippen LogP contribution is 2.19. The first-order chi connectivity index (χ1) is 11.0. The smallest absolute Gasteiger partial charge is 0.310 e. The maximum atomic E-state index is 13.6. The molecule has 0 saturated heterocycles. The van der Waals surface area contributed by atoms with E-state index in [2.05, 4.69) is 5.32 Å². The lowest BCUT2D eigenvalue weighted by Gasteiger charge is -2.09. The number of benzene rings is 2. The normalized spacial score (nSPS) is 10.2. The van der Waals surface area contributed by atoms with Gasteiger partial charge in [0.25, 0.3) is 5.91 Å². The van der Waals surface area contributed by atoms with Crippen molar-refractivity contribution in [3.8, 4) is 0 Å². The minimum absolute atomic E-state index is 0.0541. The van der Waals surface area contributed by atoms with Crippen LogP contribution in [0.1, 0.15) is 11.1 Å². The second kappa shape index (κ2) is 7.74. The van der Waals surface area contributed by atoms with Crippen molar-refractivity contribution in [3.05, 3.63) is 64.4 Å². The van der Waals surface area contributed by atoms with E-state index in [4.69, 9.17) is 16.3 Å². The van der Waals surface area contributed by atoms with E-state index in [0.717, 1.165) is 5.56 Å². The largest absolute Gasteiger partial charge is 0.455 e. The average molecular weight is 336 g/mol. The van der Waals surface area contributed by atoms with Crippen molar-refractivity contribution in [3.63, 3.8) is 0 Å². The van der Waals surface area contributed by atoms with Crippen molar-refractivity contribution < 1.29 is 18.7 Å². The predicted octanol–water partition coefficient (Wildman–Crippen LogP) is 3.51. The molecule has 2 aromatic carbocycles. The number of anilines is 1. The van der Waals surface area contributed by atoms with Crippen LogP contribution in [0, 0.1) is 12.7 Å². The van der Waals surface area contributed by atoms with E-state index < -0.39 is 24.3 Å². The number of carbonyl (C=O) groups excluding carboxylic acids is 2. The highest BCUT2D eigenvalue weighted by atomic mass is 35.5. The molecule has 0 heterocycles. The first kappa shape index (κ1) is 17.0. The molecule has 0 unspecified atom stereocenters. The zero-order chi connectivity index (χ0) is 16.8. The van der Waals surface area contributed by atoms with E-state index in [0.29, 0.717) is 5.69 Å². The van der Waals surface area contributed by atoms with Gasteiger partial charge in [0.2, 0.25) is 0 Å². The maximum Gasteiger partial charge on any atom is 0.310 e. The average Bonchev–Trinajstić information content (AvgIpc) is 2.51. The summed E-state index contributed by atoms with van der Waals surface area (Å²) in [7, 11) is 0. The van der Waals surface area contributed by atoms with E-state index >= 15 is 0 Å². The zero-order valence-electron chi connectivity index (χ0n) is 12.4. The number of rotatable bonds is 5. The van der Waals surface area contributed by atoms with E-state index in [1.54, 1.807) is 12.1 Å². The van der Waals surface area contributed by atoms with Crippen molar-refractivity contribution in [2.45, 2.75) is 13.3 Å². The number of para-hydroxylation sites is 1. The molecule has 0 aromatic heterocycles. The highest BCUT2D eigenvalue weighted by Gasteiger charge is 2.14. The van der Waals surface area contributed by atoms with Gasteiger partial charge in [0, 0.05) is 16.3 Å². The molecule has 0 bridgehead atoms. The molecule has 0 aliphatic rings. The minimum atomic E-state index is -0.725. The summed E-state index contributed by atoms with van der Waals surface area (Å²) < 4.78 is 18.4. The quantitative estimate of drug-likeness (QED) is 0.851. The van der Waals surface area contributed by atoms with E-state index in [9.17, 15) is 14.0 Å². The van der Waals surface area contributed by atoms with Crippen molar-refractivity contribution in [1.82, 2.24) is 0 Å². The number of esters is 1. The van der Waals surface area contributed by atoms with Crippen molar-refractivity contribution in [2.24, 2.45) is 0 Å². The van der Waals surface area contributed by atoms with Crippen LogP contribution in [-0.2, 0) is 20.7 Å². The SMILES string of the molecule is Cc1ccccc1NC(=O)COC(=O)Cc1c(F)cccc1Cl. The number of halogens is 2. The van der Waals surface area contributed by atoms with Crippen molar-refractivity contribution in [2.75, 3.05) is 11.9 Å². The van der Waals surface area contributed by atoms with Gasteiger partial charge in [-0.15, -0.1) is 0 Å². The van der Waals surface area contributed by atoms with Gasteiger partial charge in [0.1, 0.15) is 5.82 Å². The van der Waals surface area contributed by atoms with Crippen LogP contribution in [0.2, 0.25) is 5.02 Å². The first-order valence-corrected chi connectivity index (χ1v) is 7.29. The van der Waals surface area contributed by atoms with E-state index in [-0.39, 0.29) is 17.0 Å².